The molecule has 2 aromatic carbocycles. The van der Waals surface area contributed by atoms with Crippen LogP contribution < -0.4 is 15.4 Å². The molecule has 0 spiro atoms. The van der Waals surface area contributed by atoms with Crippen LogP contribution in [0.2, 0.25) is 5.02 Å². The molecule has 1 aliphatic heterocycles. The number of piperidine rings is 1. The van der Waals surface area contributed by atoms with Crippen molar-refractivity contribution in [2.75, 3.05) is 37.4 Å². The van der Waals surface area contributed by atoms with Crippen molar-refractivity contribution < 1.29 is 13.9 Å². The molecular weight excluding hydrogens is 480 g/mol. The number of hydrogen-bond donors (Lipinski definition) is 2. The molecule has 1 aliphatic carbocycles. The van der Waals surface area contributed by atoms with E-state index in [1.54, 1.807) is 24.3 Å². The molecule has 0 radical (unpaired) electrons. The van der Waals surface area contributed by atoms with Crippen molar-refractivity contribution in [1.29, 1.82) is 0 Å². The van der Waals surface area contributed by atoms with Crippen molar-refractivity contribution >= 4 is 58.0 Å². The number of ether oxygens (including phenoxy) is 1. The highest BCUT2D eigenvalue weighted by atomic mass is 35.5. The molecule has 1 aromatic heterocycles. The van der Waals surface area contributed by atoms with Crippen LogP contribution in [0.25, 0.3) is 10.9 Å². The van der Waals surface area contributed by atoms with Gasteiger partial charge in [0.05, 0.1) is 23.3 Å². The molecule has 3 aromatic rings. The summed E-state index contributed by atoms with van der Waals surface area (Å²) in [5, 5.41) is 6.68. The highest BCUT2D eigenvalue weighted by Crippen LogP contribution is 2.44. The Kier molecular flexibility index (Phi) is 7.21. The summed E-state index contributed by atoms with van der Waals surface area (Å²) >= 11 is 5.89. The Hall–Kier alpha value is -2.94. The summed E-state index contributed by atoms with van der Waals surface area (Å²) in [6.07, 6.45) is 6.21. The van der Waals surface area contributed by atoms with E-state index in [-0.39, 0.29) is 23.3 Å². The number of aromatic nitrogens is 2. The van der Waals surface area contributed by atoms with Gasteiger partial charge in [0.2, 0.25) is 5.91 Å². The lowest BCUT2D eigenvalue weighted by molar-refractivity contribution is -0.111. The number of fused-ring (bicyclic) bond motifs is 2. The molecule has 7 nitrogen and oxygen atoms in total. The van der Waals surface area contributed by atoms with Gasteiger partial charge < -0.3 is 15.4 Å². The third-order valence-corrected chi connectivity index (χ3v) is 6.37. The third-order valence-electron chi connectivity index (χ3n) is 6.08. The van der Waals surface area contributed by atoms with E-state index < -0.39 is 5.82 Å². The minimum absolute atomic E-state index is 0. The van der Waals surface area contributed by atoms with Crippen LogP contribution in [0.3, 0.4) is 0 Å². The summed E-state index contributed by atoms with van der Waals surface area (Å²) in [4.78, 5) is 23.5. The second-order valence-electron chi connectivity index (χ2n) is 8.41. The largest absolute Gasteiger partial charge is 0.494 e. The maximum Gasteiger partial charge on any atom is 0.248 e. The van der Waals surface area contributed by atoms with Gasteiger partial charge in [-0.3, -0.25) is 9.69 Å². The lowest BCUT2D eigenvalue weighted by Crippen LogP contribution is -2.23. The topological polar surface area (TPSA) is 79.4 Å². The summed E-state index contributed by atoms with van der Waals surface area (Å²) in [6.45, 7) is 3.03. The van der Waals surface area contributed by atoms with Crippen molar-refractivity contribution in [3.05, 3.63) is 59.7 Å². The molecule has 1 amide bonds. The van der Waals surface area contributed by atoms with Crippen molar-refractivity contribution in [2.24, 2.45) is 11.8 Å². The number of methoxy groups -OCH3 is 1. The van der Waals surface area contributed by atoms with Crippen LogP contribution >= 0.6 is 24.0 Å². The second kappa shape index (κ2) is 10.1. The zero-order chi connectivity index (χ0) is 22.9. The van der Waals surface area contributed by atoms with Gasteiger partial charge in [-0.1, -0.05) is 17.7 Å². The van der Waals surface area contributed by atoms with Crippen LogP contribution in [0.1, 0.15) is 6.42 Å². The second-order valence-corrected chi connectivity index (χ2v) is 8.82. The van der Waals surface area contributed by atoms with Crippen LogP contribution in [-0.2, 0) is 4.79 Å². The molecule has 2 heterocycles. The van der Waals surface area contributed by atoms with E-state index in [1.807, 2.05) is 6.08 Å². The number of nitrogens with zero attached hydrogens (tertiary/aromatic N) is 3. The minimum atomic E-state index is -0.501. The molecule has 5 rings (SSSR count). The Balaban J connectivity index is 0.00000274. The number of carbonyl (C=O) groups excluding carboxylic acids is 1. The molecule has 1 saturated heterocycles. The first kappa shape index (κ1) is 24.2. The number of amides is 1. The molecule has 178 valence electrons. The maximum atomic E-state index is 13.5. The number of likely N-dealkylation sites (tertiary alicyclic amines) is 1. The molecule has 2 unspecified atom stereocenters. The SMILES string of the molecule is COc1cc2ncnc(Nc3ccc(F)c(Cl)c3)c2cc1NC(=O)/C=C/CN1CC2CC2C1.Cl. The summed E-state index contributed by atoms with van der Waals surface area (Å²) < 4.78 is 19.0. The minimum Gasteiger partial charge on any atom is -0.494 e. The van der Waals surface area contributed by atoms with Gasteiger partial charge >= 0.3 is 0 Å². The van der Waals surface area contributed by atoms with E-state index in [0.717, 1.165) is 31.5 Å². The molecule has 0 bridgehead atoms. The molecule has 2 atom stereocenters. The molecule has 2 N–H and O–H groups in total. The Morgan fingerprint density at radius 3 is 2.79 bits per heavy atom. The van der Waals surface area contributed by atoms with Gasteiger partial charge in [0.25, 0.3) is 0 Å². The number of benzene rings is 2. The van der Waals surface area contributed by atoms with E-state index >= 15 is 0 Å². The number of nitrogens with one attached hydrogen (secondary N) is 2. The van der Waals surface area contributed by atoms with Gasteiger partial charge in [-0.25, -0.2) is 14.4 Å². The van der Waals surface area contributed by atoms with Crippen molar-refractivity contribution in [1.82, 2.24) is 14.9 Å². The first-order valence-corrected chi connectivity index (χ1v) is 11.1. The normalized spacial score (nSPS) is 19.0. The molecule has 1 saturated carbocycles. The van der Waals surface area contributed by atoms with Gasteiger partial charge in [-0.05, 0) is 42.5 Å². The smallest absolute Gasteiger partial charge is 0.248 e. The van der Waals surface area contributed by atoms with Gasteiger partial charge in [-0.15, -0.1) is 12.4 Å². The quantitative estimate of drug-likeness (QED) is 0.439. The van der Waals surface area contributed by atoms with Crippen LogP contribution in [0.5, 0.6) is 5.75 Å². The fraction of sp³-hybridized carbons (Fsp3) is 0.292. The van der Waals surface area contributed by atoms with E-state index in [9.17, 15) is 9.18 Å². The first-order chi connectivity index (χ1) is 16.0. The average molecular weight is 504 g/mol. The number of rotatable bonds is 7. The Morgan fingerprint density at radius 1 is 1.26 bits per heavy atom. The summed E-state index contributed by atoms with van der Waals surface area (Å²) in [5.41, 5.74) is 1.70. The van der Waals surface area contributed by atoms with E-state index in [4.69, 9.17) is 16.3 Å². The maximum absolute atomic E-state index is 13.5. The Labute approximate surface area is 207 Å². The highest BCUT2D eigenvalue weighted by Gasteiger charge is 2.44. The molecule has 2 fully saturated rings. The summed E-state index contributed by atoms with van der Waals surface area (Å²) in [5.74, 6) is 1.96. The average Bonchev–Trinajstić information content (AvgIpc) is 3.41. The Bertz CT molecular complexity index is 1250. The fourth-order valence-electron chi connectivity index (χ4n) is 4.29. The van der Waals surface area contributed by atoms with E-state index in [0.29, 0.717) is 33.8 Å². The van der Waals surface area contributed by atoms with E-state index in [1.165, 1.54) is 32.0 Å². The number of hydrogen-bond acceptors (Lipinski definition) is 6. The number of halogens is 3. The Morgan fingerprint density at radius 2 is 2.06 bits per heavy atom. The summed E-state index contributed by atoms with van der Waals surface area (Å²) in [6, 6.07) is 7.80. The standard InChI is InChI=1S/C24H23ClFN5O2.ClH/c1-33-22-10-20-17(24(28-13-27-20)29-16-4-5-19(26)18(25)8-16)9-21(22)30-23(32)3-2-6-31-11-14-7-15(14)12-31;/h2-5,8-10,13-15H,6-7,11-12H2,1H3,(H,30,32)(H,27,28,29);1H/b3-2+;. The van der Waals surface area contributed by atoms with Crippen LogP contribution in [0.4, 0.5) is 21.6 Å². The van der Waals surface area contributed by atoms with Crippen LogP contribution in [0.15, 0.2) is 48.8 Å². The van der Waals surface area contributed by atoms with Crippen molar-refractivity contribution in [3.63, 3.8) is 0 Å². The van der Waals surface area contributed by atoms with Gasteiger partial charge in [0, 0.05) is 42.9 Å². The zero-order valence-electron chi connectivity index (χ0n) is 18.4. The number of anilines is 3. The van der Waals surface area contributed by atoms with Gasteiger partial charge in [0.15, 0.2) is 0 Å². The summed E-state index contributed by atoms with van der Waals surface area (Å²) in [7, 11) is 1.53. The fourth-order valence-corrected chi connectivity index (χ4v) is 4.47. The van der Waals surface area contributed by atoms with Gasteiger partial charge in [0.1, 0.15) is 23.7 Å². The molecule has 10 heteroatoms. The van der Waals surface area contributed by atoms with Crippen molar-refractivity contribution in [3.8, 4) is 5.75 Å². The lowest BCUT2D eigenvalue weighted by Gasteiger charge is -2.14. The molecular formula is C24H24Cl2FN5O2. The van der Waals surface area contributed by atoms with E-state index in [2.05, 4.69) is 25.5 Å². The zero-order valence-corrected chi connectivity index (χ0v) is 20.0. The van der Waals surface area contributed by atoms with Crippen LogP contribution in [0, 0.1) is 17.7 Å². The predicted octanol–water partition coefficient (Wildman–Crippen LogP) is 5.04. The van der Waals surface area contributed by atoms with Crippen molar-refractivity contribution in [2.45, 2.75) is 6.42 Å². The lowest BCUT2D eigenvalue weighted by atomic mass is 10.1. The monoisotopic (exact) mass is 503 g/mol. The number of carbonyl (C=O) groups is 1. The molecule has 2 aliphatic rings. The van der Waals surface area contributed by atoms with Gasteiger partial charge in [-0.2, -0.15) is 0 Å². The van der Waals surface area contributed by atoms with Crippen LogP contribution in [-0.4, -0.2) is 47.5 Å². The first-order valence-electron chi connectivity index (χ1n) is 10.7. The predicted molar refractivity (Wildman–Crippen MR) is 134 cm³/mol. The third kappa shape index (κ3) is 5.24. The molecule has 34 heavy (non-hydrogen) atoms. The highest BCUT2D eigenvalue weighted by molar-refractivity contribution is 6.31.